The number of aryl methyl sites for hydroxylation is 1. The van der Waals surface area contributed by atoms with Crippen molar-refractivity contribution in [1.29, 1.82) is 0 Å². The molecule has 3 aromatic carbocycles. The number of rotatable bonds is 7. The van der Waals surface area contributed by atoms with E-state index in [9.17, 15) is 24.8 Å². The Hall–Kier alpha value is -4.92. The van der Waals surface area contributed by atoms with Gasteiger partial charge in [0, 0.05) is 41.3 Å². The quantitative estimate of drug-likeness (QED) is 0.117. The molecule has 5 rings (SSSR count). The summed E-state index contributed by atoms with van der Waals surface area (Å²) in [4.78, 5) is 41.8. The van der Waals surface area contributed by atoms with Crippen LogP contribution >= 0.6 is 0 Å². The number of methoxy groups -OCH3 is 1. The highest BCUT2D eigenvalue weighted by Gasteiger charge is 2.45. The van der Waals surface area contributed by atoms with Gasteiger partial charge in [0.05, 0.1) is 23.6 Å². The molecule has 9 heteroatoms. The molecule has 1 aliphatic heterocycles. The van der Waals surface area contributed by atoms with E-state index < -0.39 is 22.7 Å². The van der Waals surface area contributed by atoms with E-state index in [-0.39, 0.29) is 29.1 Å². The van der Waals surface area contributed by atoms with Gasteiger partial charge in [0.25, 0.3) is 17.4 Å². The number of H-pyrrole nitrogens is 1. The second-order valence-electron chi connectivity index (χ2n) is 9.18. The summed E-state index contributed by atoms with van der Waals surface area (Å²) in [6, 6.07) is 17.5. The number of benzene rings is 3. The van der Waals surface area contributed by atoms with Crippen molar-refractivity contribution in [2.45, 2.75) is 19.4 Å². The molecule has 1 atom stereocenters. The summed E-state index contributed by atoms with van der Waals surface area (Å²) < 4.78 is 5.35. The van der Waals surface area contributed by atoms with Gasteiger partial charge in [0.15, 0.2) is 0 Å². The van der Waals surface area contributed by atoms with Gasteiger partial charge in [-0.2, -0.15) is 0 Å². The minimum atomic E-state index is -0.814. The first kappa shape index (κ1) is 24.8. The fourth-order valence-corrected chi connectivity index (χ4v) is 4.83. The summed E-state index contributed by atoms with van der Waals surface area (Å²) >= 11 is 0. The second kappa shape index (κ2) is 9.85. The monoisotopic (exact) mass is 511 g/mol. The van der Waals surface area contributed by atoms with E-state index in [0.717, 1.165) is 22.0 Å². The van der Waals surface area contributed by atoms with Crippen molar-refractivity contribution in [2.75, 3.05) is 13.7 Å². The molecule has 192 valence electrons. The number of non-ortho nitro benzene ring substituents is 1. The topological polar surface area (TPSA) is 126 Å². The first-order valence-electron chi connectivity index (χ1n) is 12.0. The number of aliphatic hydroxyl groups is 1. The number of nitro benzene ring substituents is 1. The smallest absolute Gasteiger partial charge is 0.295 e. The summed E-state index contributed by atoms with van der Waals surface area (Å²) in [5.74, 6) is -1.17. The van der Waals surface area contributed by atoms with Gasteiger partial charge in [-0.3, -0.25) is 19.7 Å². The summed E-state index contributed by atoms with van der Waals surface area (Å²) in [7, 11) is 1.60. The Kier molecular flexibility index (Phi) is 6.42. The number of likely N-dealkylation sites (tertiary alicyclic amines) is 1. The van der Waals surface area contributed by atoms with Crippen LogP contribution in [0, 0.1) is 17.0 Å². The molecule has 1 amide bonds. The number of fused-ring (bicyclic) bond motifs is 1. The fraction of sp³-hybridized carbons (Fsp3) is 0.172. The summed E-state index contributed by atoms with van der Waals surface area (Å²) in [5.41, 5.74) is 3.60. The van der Waals surface area contributed by atoms with Crippen molar-refractivity contribution in [3.05, 3.63) is 111 Å². The van der Waals surface area contributed by atoms with Gasteiger partial charge in [-0.25, -0.2) is 0 Å². The van der Waals surface area contributed by atoms with Gasteiger partial charge < -0.3 is 19.7 Å². The van der Waals surface area contributed by atoms with E-state index in [1.807, 2.05) is 55.6 Å². The summed E-state index contributed by atoms with van der Waals surface area (Å²) in [6.45, 7) is 2.16. The SMILES string of the molecule is COc1ccc2[nH]cc(CCN3C(=O)C(=O)C(=C(O)c4ccc([N+](=O)[O-])cc4)[C@@H]3c3ccc(C)cc3)c2c1. The summed E-state index contributed by atoms with van der Waals surface area (Å²) in [6.07, 6.45) is 2.33. The van der Waals surface area contributed by atoms with Crippen LogP contribution < -0.4 is 4.74 Å². The maximum atomic E-state index is 13.3. The van der Waals surface area contributed by atoms with Crippen LogP contribution in [0.5, 0.6) is 5.75 Å². The number of ketones is 1. The molecule has 38 heavy (non-hydrogen) atoms. The molecule has 0 radical (unpaired) electrons. The van der Waals surface area contributed by atoms with E-state index in [1.165, 1.54) is 29.2 Å². The van der Waals surface area contributed by atoms with E-state index in [0.29, 0.717) is 17.7 Å². The number of hydrogen-bond donors (Lipinski definition) is 2. The van der Waals surface area contributed by atoms with Gasteiger partial charge in [-0.05, 0) is 54.8 Å². The molecule has 0 spiro atoms. The van der Waals surface area contributed by atoms with Crippen molar-refractivity contribution < 1.29 is 24.4 Å². The average Bonchev–Trinajstić information content (AvgIpc) is 3.44. The van der Waals surface area contributed by atoms with E-state index in [2.05, 4.69) is 4.98 Å². The van der Waals surface area contributed by atoms with Crippen LogP contribution in [-0.2, 0) is 16.0 Å². The fourth-order valence-electron chi connectivity index (χ4n) is 4.83. The van der Waals surface area contributed by atoms with E-state index in [4.69, 9.17) is 4.74 Å². The molecule has 2 N–H and O–H groups in total. The number of carbonyl (C=O) groups is 2. The van der Waals surface area contributed by atoms with Crippen LogP contribution in [0.25, 0.3) is 16.7 Å². The number of aromatic amines is 1. The van der Waals surface area contributed by atoms with Crippen molar-refractivity contribution >= 4 is 34.0 Å². The number of nitrogens with zero attached hydrogens (tertiary/aromatic N) is 2. The van der Waals surface area contributed by atoms with Gasteiger partial charge in [-0.1, -0.05) is 29.8 Å². The van der Waals surface area contributed by atoms with Crippen LogP contribution in [0.3, 0.4) is 0 Å². The first-order valence-corrected chi connectivity index (χ1v) is 12.0. The average molecular weight is 512 g/mol. The number of ether oxygens (including phenoxy) is 1. The molecular weight excluding hydrogens is 486 g/mol. The molecule has 0 saturated carbocycles. The lowest BCUT2D eigenvalue weighted by atomic mass is 9.94. The second-order valence-corrected chi connectivity index (χ2v) is 9.18. The zero-order chi connectivity index (χ0) is 27.0. The number of aliphatic hydroxyl groups excluding tert-OH is 1. The van der Waals surface area contributed by atoms with Gasteiger partial charge >= 0.3 is 0 Å². The summed E-state index contributed by atoms with van der Waals surface area (Å²) in [5, 5.41) is 23.2. The normalized spacial score (nSPS) is 16.8. The number of amides is 1. The van der Waals surface area contributed by atoms with Crippen LogP contribution in [0.4, 0.5) is 5.69 Å². The molecule has 1 aromatic heterocycles. The zero-order valence-electron chi connectivity index (χ0n) is 20.8. The van der Waals surface area contributed by atoms with Gasteiger partial charge in [0.2, 0.25) is 0 Å². The predicted octanol–water partition coefficient (Wildman–Crippen LogP) is 5.06. The molecule has 1 aliphatic rings. The Morgan fingerprint density at radius 3 is 2.45 bits per heavy atom. The third kappa shape index (κ3) is 4.39. The van der Waals surface area contributed by atoms with Gasteiger partial charge in [0.1, 0.15) is 11.5 Å². The number of hydrogen-bond acceptors (Lipinski definition) is 6. The van der Waals surface area contributed by atoms with Crippen LogP contribution in [0.15, 0.2) is 78.5 Å². The number of nitro groups is 1. The van der Waals surface area contributed by atoms with E-state index >= 15 is 0 Å². The lowest BCUT2D eigenvalue weighted by molar-refractivity contribution is -0.384. The Bertz CT molecular complexity index is 1590. The molecule has 1 saturated heterocycles. The molecule has 9 nitrogen and oxygen atoms in total. The third-order valence-electron chi connectivity index (χ3n) is 6.88. The van der Waals surface area contributed by atoms with E-state index in [1.54, 1.807) is 7.11 Å². The lowest BCUT2D eigenvalue weighted by Crippen LogP contribution is -2.31. The largest absolute Gasteiger partial charge is 0.507 e. The van der Waals surface area contributed by atoms with Crippen LogP contribution in [0.1, 0.15) is 28.3 Å². The zero-order valence-corrected chi connectivity index (χ0v) is 20.8. The molecule has 0 bridgehead atoms. The molecule has 1 fully saturated rings. The number of nitrogens with one attached hydrogen (secondary N) is 1. The van der Waals surface area contributed by atoms with Crippen molar-refractivity contribution in [3.63, 3.8) is 0 Å². The number of carbonyl (C=O) groups excluding carboxylic acids is 2. The first-order chi connectivity index (χ1) is 18.3. The Morgan fingerprint density at radius 2 is 1.79 bits per heavy atom. The Labute approximate surface area is 218 Å². The predicted molar refractivity (Wildman–Crippen MR) is 142 cm³/mol. The molecule has 0 unspecified atom stereocenters. The molecule has 4 aromatic rings. The Morgan fingerprint density at radius 1 is 1.08 bits per heavy atom. The molecule has 2 heterocycles. The highest BCUT2D eigenvalue weighted by atomic mass is 16.6. The lowest BCUT2D eigenvalue weighted by Gasteiger charge is -2.25. The number of Topliss-reactive ketones (excluding diaryl/α,β-unsaturated/α-hetero) is 1. The maximum absolute atomic E-state index is 13.3. The molecule has 0 aliphatic carbocycles. The third-order valence-corrected chi connectivity index (χ3v) is 6.88. The minimum Gasteiger partial charge on any atom is -0.507 e. The Balaban J connectivity index is 1.54. The minimum absolute atomic E-state index is 0.0479. The van der Waals surface area contributed by atoms with Crippen molar-refractivity contribution in [3.8, 4) is 5.75 Å². The van der Waals surface area contributed by atoms with Crippen LogP contribution in [-0.4, -0.2) is 45.3 Å². The number of aromatic nitrogens is 1. The highest BCUT2D eigenvalue weighted by Crippen LogP contribution is 2.40. The van der Waals surface area contributed by atoms with Crippen LogP contribution in [0.2, 0.25) is 0 Å². The van der Waals surface area contributed by atoms with Gasteiger partial charge in [-0.15, -0.1) is 0 Å². The maximum Gasteiger partial charge on any atom is 0.295 e. The van der Waals surface area contributed by atoms with Crippen molar-refractivity contribution in [2.24, 2.45) is 0 Å². The van der Waals surface area contributed by atoms with Crippen molar-refractivity contribution in [1.82, 2.24) is 9.88 Å². The standard InChI is InChI=1S/C29H25N3O6/c1-17-3-5-18(6-4-17)26-25(27(33)19-7-9-21(10-8-19)32(36)37)28(34)29(35)31(26)14-13-20-16-30-24-12-11-22(38-2)15-23(20)24/h3-12,15-16,26,30,33H,13-14H2,1-2H3/t26-/m0/s1. The highest BCUT2D eigenvalue weighted by molar-refractivity contribution is 6.46. The molecular formula is C29H25N3O6.